The van der Waals surface area contributed by atoms with Crippen LogP contribution in [0.15, 0.2) is 52.9 Å². The third kappa shape index (κ3) is 3.87. The molecular weight excluding hydrogens is 376 g/mol. The van der Waals surface area contributed by atoms with E-state index >= 15 is 0 Å². The Kier molecular flexibility index (Phi) is 5.00. The molecule has 1 heteroatoms. The summed E-state index contributed by atoms with van der Waals surface area (Å²) in [5.74, 6) is 0. The minimum atomic E-state index is 0.0712. The zero-order valence-corrected chi connectivity index (χ0v) is 20.5. The molecule has 0 atom stereocenters. The number of rotatable bonds is 1. The van der Waals surface area contributed by atoms with E-state index in [0.717, 1.165) is 11.2 Å². The summed E-state index contributed by atoms with van der Waals surface area (Å²) in [6, 6.07) is 18.1. The number of benzene rings is 3. The largest absolute Gasteiger partial charge is 0.361 e. The summed E-state index contributed by atoms with van der Waals surface area (Å²) in [6.45, 7) is 20.1. The molecule has 0 saturated heterocycles. The fourth-order valence-electron chi connectivity index (χ4n) is 4.67. The lowest BCUT2D eigenvalue weighted by molar-refractivity contribution is 0.583. The molecule has 31 heavy (non-hydrogen) atoms. The number of hydrogen-bond donors (Lipinski definition) is 0. The Morgan fingerprint density at radius 1 is 0.548 bits per heavy atom. The van der Waals surface area contributed by atoms with Gasteiger partial charge in [-0.1, -0.05) is 71.4 Å². The molecule has 0 aliphatic heterocycles. The molecule has 1 nitrogen and oxygen atoms in total. The topological polar surface area (TPSA) is 11.3 Å². The highest BCUT2D eigenvalue weighted by Crippen LogP contribution is 2.42. The standard InChI is InChI=1S/C30H35O/c1-18-14-19(2)27(20(3)15-18)28-23-12-10-21(29(4,5)6)16-25(23)31-26-17-22(30(7,8)9)11-13-24(26)28/h10-17H,1-9H3/q+1. The Hall–Kier alpha value is -2.67. The Labute approximate surface area is 187 Å². The lowest BCUT2D eigenvalue weighted by Crippen LogP contribution is -2.11. The average Bonchev–Trinajstić information content (AvgIpc) is 2.64. The minimum absolute atomic E-state index is 0.0712. The van der Waals surface area contributed by atoms with Crippen LogP contribution in [0.5, 0.6) is 0 Å². The molecule has 160 valence electrons. The van der Waals surface area contributed by atoms with Gasteiger partial charge in [-0.2, -0.15) is 0 Å². The van der Waals surface area contributed by atoms with E-state index < -0.39 is 0 Å². The van der Waals surface area contributed by atoms with E-state index in [2.05, 4.69) is 111 Å². The summed E-state index contributed by atoms with van der Waals surface area (Å²) in [5, 5.41) is 2.36. The van der Waals surface area contributed by atoms with Crippen molar-refractivity contribution in [2.24, 2.45) is 0 Å². The third-order valence-electron chi connectivity index (χ3n) is 6.38. The lowest BCUT2D eigenvalue weighted by atomic mass is 9.83. The lowest BCUT2D eigenvalue weighted by Gasteiger charge is -2.20. The average molecular weight is 412 g/mol. The molecule has 4 rings (SSSR count). The molecule has 0 spiro atoms. The summed E-state index contributed by atoms with van der Waals surface area (Å²) in [4.78, 5) is 0. The highest BCUT2D eigenvalue weighted by atomic mass is 16.3. The van der Waals surface area contributed by atoms with E-state index in [1.54, 1.807) is 0 Å². The molecule has 0 bridgehead atoms. The van der Waals surface area contributed by atoms with Gasteiger partial charge >= 0.3 is 11.2 Å². The van der Waals surface area contributed by atoms with Gasteiger partial charge in [-0.05, 0) is 71.6 Å². The molecule has 3 aromatic carbocycles. The number of hydrogen-bond acceptors (Lipinski definition) is 0. The monoisotopic (exact) mass is 411 g/mol. The van der Waals surface area contributed by atoms with E-state index in [9.17, 15) is 0 Å². The van der Waals surface area contributed by atoms with E-state index in [1.165, 1.54) is 49.7 Å². The van der Waals surface area contributed by atoms with E-state index in [-0.39, 0.29) is 10.8 Å². The molecule has 0 fully saturated rings. The van der Waals surface area contributed by atoms with Crippen molar-refractivity contribution in [1.82, 2.24) is 0 Å². The van der Waals surface area contributed by atoms with Crippen LogP contribution in [0, 0.1) is 20.8 Å². The first-order valence-corrected chi connectivity index (χ1v) is 11.3. The molecule has 0 N–H and O–H groups in total. The third-order valence-corrected chi connectivity index (χ3v) is 6.38. The van der Waals surface area contributed by atoms with Gasteiger partial charge in [-0.25, -0.2) is 4.42 Å². The summed E-state index contributed by atoms with van der Waals surface area (Å²) in [7, 11) is 0. The van der Waals surface area contributed by atoms with E-state index in [0.29, 0.717) is 0 Å². The first kappa shape index (κ1) is 21.6. The summed E-state index contributed by atoms with van der Waals surface area (Å²) < 4.78 is 6.58. The molecule has 1 heterocycles. The molecule has 0 amide bonds. The van der Waals surface area contributed by atoms with Crippen LogP contribution in [-0.4, -0.2) is 0 Å². The zero-order valence-electron chi connectivity index (χ0n) is 20.5. The number of aryl methyl sites for hydroxylation is 3. The zero-order chi connectivity index (χ0) is 22.7. The summed E-state index contributed by atoms with van der Waals surface area (Å²) >= 11 is 0. The molecular formula is C30H35O+. The van der Waals surface area contributed by atoms with Gasteiger partial charge in [0.25, 0.3) is 0 Å². The maximum absolute atomic E-state index is 6.58. The van der Waals surface area contributed by atoms with Crippen LogP contribution >= 0.6 is 0 Å². The van der Waals surface area contributed by atoms with Crippen LogP contribution < -0.4 is 0 Å². The van der Waals surface area contributed by atoms with E-state index in [4.69, 9.17) is 4.42 Å². The Balaban J connectivity index is 2.18. The Bertz CT molecular complexity index is 1220. The quantitative estimate of drug-likeness (QED) is 0.224. The fourth-order valence-corrected chi connectivity index (χ4v) is 4.67. The van der Waals surface area contributed by atoms with Gasteiger partial charge in [0.2, 0.25) is 0 Å². The second-order valence-corrected chi connectivity index (χ2v) is 11.2. The van der Waals surface area contributed by atoms with Gasteiger partial charge in [0, 0.05) is 17.7 Å². The van der Waals surface area contributed by atoms with Crippen molar-refractivity contribution in [3.63, 3.8) is 0 Å². The van der Waals surface area contributed by atoms with Crippen molar-refractivity contribution in [2.45, 2.75) is 73.1 Å². The summed E-state index contributed by atoms with van der Waals surface area (Å²) in [6.07, 6.45) is 0. The van der Waals surface area contributed by atoms with Crippen LogP contribution in [0.25, 0.3) is 33.1 Å². The van der Waals surface area contributed by atoms with Crippen LogP contribution in [-0.2, 0) is 10.8 Å². The second-order valence-electron chi connectivity index (χ2n) is 11.2. The van der Waals surface area contributed by atoms with Gasteiger partial charge in [0.05, 0.1) is 10.8 Å². The van der Waals surface area contributed by atoms with E-state index in [1.807, 2.05) is 0 Å². The predicted molar refractivity (Wildman–Crippen MR) is 135 cm³/mol. The van der Waals surface area contributed by atoms with Crippen molar-refractivity contribution in [3.05, 3.63) is 76.3 Å². The van der Waals surface area contributed by atoms with Crippen molar-refractivity contribution in [3.8, 4) is 11.1 Å². The van der Waals surface area contributed by atoms with Gasteiger partial charge in [0.1, 0.15) is 0 Å². The smallest absolute Gasteiger partial charge is 0.207 e. The predicted octanol–water partition coefficient (Wildman–Crippen LogP) is 9.05. The molecule has 0 unspecified atom stereocenters. The second kappa shape index (κ2) is 7.19. The molecule has 0 saturated carbocycles. The normalized spacial score (nSPS) is 12.7. The Morgan fingerprint density at radius 2 is 0.968 bits per heavy atom. The van der Waals surface area contributed by atoms with Crippen molar-refractivity contribution in [1.29, 1.82) is 0 Å². The first-order valence-electron chi connectivity index (χ1n) is 11.3. The maximum Gasteiger partial charge on any atom is 0.361 e. The highest BCUT2D eigenvalue weighted by Gasteiger charge is 2.26. The molecule has 4 aromatic rings. The first-order chi connectivity index (χ1) is 14.4. The van der Waals surface area contributed by atoms with Crippen LogP contribution in [0.3, 0.4) is 0 Å². The SMILES string of the molecule is Cc1cc(C)c(-c2c3ccc(C(C)(C)C)cc3[o+]c3cc(C(C)(C)C)ccc23)c(C)c1. The van der Waals surface area contributed by atoms with Crippen molar-refractivity contribution >= 4 is 21.9 Å². The summed E-state index contributed by atoms with van der Waals surface area (Å²) in [5.41, 5.74) is 11.2. The number of fused-ring (bicyclic) bond motifs is 2. The van der Waals surface area contributed by atoms with Gasteiger partial charge in [-0.15, -0.1) is 0 Å². The highest BCUT2D eigenvalue weighted by molar-refractivity contribution is 6.09. The molecule has 1 aromatic heterocycles. The van der Waals surface area contributed by atoms with Crippen molar-refractivity contribution < 1.29 is 4.42 Å². The fraction of sp³-hybridized carbons (Fsp3) is 0.367. The molecule has 0 aliphatic rings. The van der Waals surface area contributed by atoms with Crippen molar-refractivity contribution in [2.75, 3.05) is 0 Å². The van der Waals surface area contributed by atoms with Gasteiger partial charge in [-0.3, -0.25) is 0 Å². The molecule has 0 aliphatic carbocycles. The van der Waals surface area contributed by atoms with Crippen LogP contribution in [0.1, 0.15) is 69.4 Å². The van der Waals surface area contributed by atoms with Gasteiger partial charge < -0.3 is 0 Å². The maximum atomic E-state index is 6.58. The van der Waals surface area contributed by atoms with Crippen LogP contribution in [0.2, 0.25) is 0 Å². The molecule has 0 radical (unpaired) electrons. The Morgan fingerprint density at radius 3 is 1.35 bits per heavy atom. The van der Waals surface area contributed by atoms with Gasteiger partial charge in [0.15, 0.2) is 0 Å². The minimum Gasteiger partial charge on any atom is -0.207 e. The van der Waals surface area contributed by atoms with Crippen LogP contribution in [0.4, 0.5) is 0 Å².